The van der Waals surface area contributed by atoms with E-state index in [1.165, 1.54) is 0 Å². The van der Waals surface area contributed by atoms with Crippen LogP contribution in [0.25, 0.3) is 11.6 Å². The molecular formula is C25H32N4O3. The highest BCUT2D eigenvalue weighted by molar-refractivity contribution is 5.96. The van der Waals surface area contributed by atoms with Crippen molar-refractivity contribution in [3.8, 4) is 0 Å². The maximum Gasteiger partial charge on any atom is 0.334 e. The molecule has 2 heterocycles. The molecule has 1 aromatic carbocycles. The van der Waals surface area contributed by atoms with Crippen molar-refractivity contribution in [2.24, 2.45) is 11.8 Å². The number of allylic oxidation sites excluding steroid dienone is 3. The van der Waals surface area contributed by atoms with Crippen molar-refractivity contribution in [2.75, 3.05) is 32.1 Å². The quantitative estimate of drug-likeness (QED) is 0.419. The standard InChI is InChI=1S/C25H32N4O3/c1-3-32-25(31)21-15-20-14-19(10-11-22(20)27-23(16-21)28(2)26)17-6-8-18(9-7-17)24(30)29-12-4-5-13-29/h6-8,10-11,14-15,18,23,27H,3-5,9,12-13,16,26H2,1-2H3. The minimum atomic E-state index is -0.320. The number of hydrazine groups is 1. The number of carbonyl (C=O) groups excluding carboxylic acids is 2. The van der Waals surface area contributed by atoms with Crippen LogP contribution in [0.4, 0.5) is 5.69 Å². The molecule has 0 spiro atoms. The first-order chi connectivity index (χ1) is 15.5. The molecule has 2 unspecified atom stereocenters. The maximum atomic E-state index is 12.7. The van der Waals surface area contributed by atoms with E-state index in [0.717, 1.165) is 48.3 Å². The molecule has 7 heteroatoms. The van der Waals surface area contributed by atoms with Gasteiger partial charge in [0.15, 0.2) is 0 Å². The molecule has 2 atom stereocenters. The average Bonchev–Trinajstić information content (AvgIpc) is 3.26. The van der Waals surface area contributed by atoms with Crippen LogP contribution in [0.1, 0.15) is 43.7 Å². The van der Waals surface area contributed by atoms with Gasteiger partial charge in [0.05, 0.1) is 18.7 Å². The Morgan fingerprint density at radius 1 is 1.28 bits per heavy atom. The summed E-state index contributed by atoms with van der Waals surface area (Å²) in [5.74, 6) is 5.84. The van der Waals surface area contributed by atoms with Gasteiger partial charge in [-0.2, -0.15) is 0 Å². The number of ether oxygens (including phenoxy) is 1. The molecule has 0 bridgehead atoms. The van der Waals surface area contributed by atoms with Gasteiger partial charge in [0.2, 0.25) is 5.91 Å². The Morgan fingerprint density at radius 2 is 2.06 bits per heavy atom. The number of nitrogens with one attached hydrogen (secondary N) is 1. The Hall–Kier alpha value is -2.90. The van der Waals surface area contributed by atoms with Crippen molar-refractivity contribution in [1.82, 2.24) is 9.91 Å². The Morgan fingerprint density at radius 3 is 2.72 bits per heavy atom. The Kier molecular flexibility index (Phi) is 6.77. The summed E-state index contributed by atoms with van der Waals surface area (Å²) in [6.07, 6.45) is 11.2. The highest BCUT2D eigenvalue weighted by Gasteiger charge is 2.26. The Labute approximate surface area is 189 Å². The van der Waals surface area contributed by atoms with E-state index in [1.54, 1.807) is 19.0 Å². The topological polar surface area (TPSA) is 87.9 Å². The highest BCUT2D eigenvalue weighted by atomic mass is 16.5. The van der Waals surface area contributed by atoms with Gasteiger partial charge < -0.3 is 15.0 Å². The van der Waals surface area contributed by atoms with Crippen molar-refractivity contribution in [1.29, 1.82) is 0 Å². The van der Waals surface area contributed by atoms with Gasteiger partial charge >= 0.3 is 5.97 Å². The fourth-order valence-corrected chi connectivity index (χ4v) is 4.48. The molecule has 1 aromatic rings. The van der Waals surface area contributed by atoms with E-state index in [4.69, 9.17) is 10.6 Å². The fourth-order valence-electron chi connectivity index (χ4n) is 4.48. The van der Waals surface area contributed by atoms with Gasteiger partial charge in [-0.25, -0.2) is 9.80 Å². The molecule has 0 saturated carbocycles. The van der Waals surface area contributed by atoms with E-state index >= 15 is 0 Å². The number of benzene rings is 1. The molecule has 4 rings (SSSR count). The highest BCUT2D eigenvalue weighted by Crippen LogP contribution is 2.32. The van der Waals surface area contributed by atoms with Gasteiger partial charge in [0, 0.05) is 37.8 Å². The third-order valence-electron chi connectivity index (χ3n) is 6.31. The lowest BCUT2D eigenvalue weighted by molar-refractivity contribution is -0.138. The van der Waals surface area contributed by atoms with Gasteiger partial charge in [-0.05, 0) is 61.1 Å². The summed E-state index contributed by atoms with van der Waals surface area (Å²) in [5.41, 5.74) is 4.55. The summed E-state index contributed by atoms with van der Waals surface area (Å²) in [6, 6.07) is 6.14. The van der Waals surface area contributed by atoms with Crippen LogP contribution in [0.2, 0.25) is 0 Å². The van der Waals surface area contributed by atoms with Crippen LogP contribution in [-0.4, -0.2) is 54.7 Å². The molecule has 1 aliphatic carbocycles. The van der Waals surface area contributed by atoms with Crippen molar-refractivity contribution in [3.05, 3.63) is 53.1 Å². The molecular weight excluding hydrogens is 404 g/mol. The van der Waals surface area contributed by atoms with E-state index < -0.39 is 0 Å². The zero-order chi connectivity index (χ0) is 22.7. The van der Waals surface area contributed by atoms with Crippen LogP contribution in [0.3, 0.4) is 0 Å². The Balaban J connectivity index is 1.56. The second-order valence-electron chi connectivity index (χ2n) is 8.61. The molecule has 1 amide bonds. The zero-order valence-electron chi connectivity index (χ0n) is 18.8. The first-order valence-corrected chi connectivity index (χ1v) is 11.4. The summed E-state index contributed by atoms with van der Waals surface area (Å²) in [5, 5.41) is 4.99. The lowest BCUT2D eigenvalue weighted by atomic mass is 9.91. The van der Waals surface area contributed by atoms with Crippen molar-refractivity contribution >= 4 is 29.2 Å². The number of esters is 1. The van der Waals surface area contributed by atoms with Crippen molar-refractivity contribution in [2.45, 2.75) is 38.8 Å². The maximum absolute atomic E-state index is 12.7. The number of carbonyl (C=O) groups is 2. The Bertz CT molecular complexity index is 973. The lowest BCUT2D eigenvalue weighted by Gasteiger charge is -2.25. The largest absolute Gasteiger partial charge is 0.463 e. The molecule has 3 N–H and O–H groups in total. The fraction of sp³-hybridized carbons (Fsp3) is 0.440. The molecule has 0 radical (unpaired) electrons. The smallest absolute Gasteiger partial charge is 0.334 e. The minimum Gasteiger partial charge on any atom is -0.463 e. The van der Waals surface area contributed by atoms with Gasteiger partial charge in [-0.1, -0.05) is 24.3 Å². The number of hydrogen-bond donors (Lipinski definition) is 2. The second kappa shape index (κ2) is 9.71. The summed E-state index contributed by atoms with van der Waals surface area (Å²) in [6.45, 7) is 3.89. The molecule has 0 aromatic heterocycles. The number of hydrogen-bond acceptors (Lipinski definition) is 6. The second-order valence-corrected chi connectivity index (χ2v) is 8.61. The summed E-state index contributed by atoms with van der Waals surface area (Å²) in [7, 11) is 1.78. The van der Waals surface area contributed by atoms with E-state index in [9.17, 15) is 9.59 Å². The lowest BCUT2D eigenvalue weighted by Crippen LogP contribution is -2.43. The third-order valence-corrected chi connectivity index (χ3v) is 6.31. The molecule has 1 saturated heterocycles. The zero-order valence-corrected chi connectivity index (χ0v) is 18.8. The number of fused-ring (bicyclic) bond motifs is 1. The number of amides is 1. The van der Waals surface area contributed by atoms with Gasteiger partial charge in [0.1, 0.15) is 0 Å². The van der Waals surface area contributed by atoms with Crippen LogP contribution in [0, 0.1) is 5.92 Å². The monoisotopic (exact) mass is 436 g/mol. The van der Waals surface area contributed by atoms with E-state index in [0.29, 0.717) is 25.0 Å². The van der Waals surface area contributed by atoms with Gasteiger partial charge in [-0.3, -0.25) is 10.6 Å². The first kappa shape index (κ1) is 22.3. The predicted octanol–water partition coefficient (Wildman–Crippen LogP) is 3.16. The van der Waals surface area contributed by atoms with Crippen molar-refractivity contribution in [3.63, 3.8) is 0 Å². The molecule has 1 fully saturated rings. The van der Waals surface area contributed by atoms with Crippen LogP contribution in [0.5, 0.6) is 0 Å². The SMILES string of the molecule is CCOC(=O)C1=Cc2cc(C3=CCC(C(=O)N4CCCC4)C=C3)ccc2NC(N(C)N)C1. The van der Waals surface area contributed by atoms with Gasteiger partial charge in [-0.15, -0.1) is 0 Å². The van der Waals surface area contributed by atoms with Crippen LogP contribution in [-0.2, 0) is 14.3 Å². The number of anilines is 1. The normalized spacial score (nSPS) is 22.6. The van der Waals surface area contributed by atoms with Gasteiger partial charge in [0.25, 0.3) is 0 Å². The number of rotatable bonds is 5. The van der Waals surface area contributed by atoms with Crippen LogP contribution >= 0.6 is 0 Å². The average molecular weight is 437 g/mol. The minimum absolute atomic E-state index is 0.0736. The molecule has 7 nitrogen and oxygen atoms in total. The number of nitrogens with two attached hydrogens (primary N) is 1. The third kappa shape index (κ3) is 4.79. The summed E-state index contributed by atoms with van der Waals surface area (Å²) >= 11 is 0. The van der Waals surface area contributed by atoms with E-state index in [1.807, 2.05) is 29.2 Å². The van der Waals surface area contributed by atoms with E-state index in [-0.39, 0.29) is 24.0 Å². The summed E-state index contributed by atoms with van der Waals surface area (Å²) in [4.78, 5) is 27.2. The molecule has 32 heavy (non-hydrogen) atoms. The van der Waals surface area contributed by atoms with Crippen LogP contribution in [0.15, 0.2) is 42.0 Å². The molecule has 2 aliphatic heterocycles. The van der Waals surface area contributed by atoms with Crippen molar-refractivity contribution < 1.29 is 14.3 Å². The number of nitrogens with zero attached hydrogens (tertiary/aromatic N) is 2. The molecule has 170 valence electrons. The van der Waals surface area contributed by atoms with E-state index in [2.05, 4.69) is 23.5 Å². The first-order valence-electron chi connectivity index (χ1n) is 11.4. The number of likely N-dealkylation sites (tertiary alicyclic amines) is 1. The summed E-state index contributed by atoms with van der Waals surface area (Å²) < 4.78 is 5.25. The molecule has 3 aliphatic rings. The van der Waals surface area contributed by atoms with Crippen LogP contribution < -0.4 is 11.2 Å². The predicted molar refractivity (Wildman–Crippen MR) is 126 cm³/mol.